The van der Waals surface area contributed by atoms with Crippen molar-refractivity contribution in [2.75, 3.05) is 6.54 Å². The van der Waals surface area contributed by atoms with Crippen molar-refractivity contribution in [3.05, 3.63) is 17.0 Å². The summed E-state index contributed by atoms with van der Waals surface area (Å²) in [6.45, 7) is 6.59. The molecule has 1 atom stereocenters. The van der Waals surface area contributed by atoms with Gasteiger partial charge < -0.3 is 11.1 Å². The number of hydrogen-bond donors (Lipinski definition) is 2. The van der Waals surface area contributed by atoms with Crippen LogP contribution in [-0.2, 0) is 11.2 Å². The van der Waals surface area contributed by atoms with Gasteiger partial charge in [0.1, 0.15) is 0 Å². The lowest BCUT2D eigenvalue weighted by atomic mass is 9.88. The lowest BCUT2D eigenvalue weighted by Crippen LogP contribution is -2.55. The quantitative estimate of drug-likeness (QED) is 0.836. The first-order valence-electron chi connectivity index (χ1n) is 6.96. The maximum absolute atomic E-state index is 12.8. The summed E-state index contributed by atoms with van der Waals surface area (Å²) in [6, 6.07) is 0. The molecule has 0 aliphatic carbocycles. The average Bonchev–Trinajstić information content (AvgIpc) is 2.66. The molecule has 0 saturated carbocycles. The Bertz CT molecular complexity index is 519. The number of carbonyl (C=O) groups is 1. The Labute approximate surface area is 136 Å². The van der Waals surface area contributed by atoms with Crippen molar-refractivity contribution < 1.29 is 13.6 Å². The topological polar surface area (TPSA) is 72.9 Å². The summed E-state index contributed by atoms with van der Waals surface area (Å²) < 4.78 is 26.2. The highest BCUT2D eigenvalue weighted by Gasteiger charge is 2.29. The summed E-state index contributed by atoms with van der Waals surface area (Å²) >= 11 is 0. The molecular weight excluding hydrogens is 314 g/mol. The molecule has 1 amide bonds. The van der Waals surface area contributed by atoms with Gasteiger partial charge in [-0.3, -0.25) is 4.79 Å². The zero-order valence-corrected chi connectivity index (χ0v) is 14.4. The molecule has 1 aromatic heterocycles. The van der Waals surface area contributed by atoms with E-state index in [-0.39, 0.29) is 30.7 Å². The Kier molecular flexibility index (Phi) is 7.44. The van der Waals surface area contributed by atoms with Crippen molar-refractivity contribution in [3.8, 4) is 0 Å². The maximum Gasteiger partial charge on any atom is 0.333 e. The van der Waals surface area contributed by atoms with Crippen molar-refractivity contribution in [3.63, 3.8) is 0 Å². The van der Waals surface area contributed by atoms with E-state index in [0.717, 1.165) is 0 Å². The highest BCUT2D eigenvalue weighted by atomic mass is 35.5. The van der Waals surface area contributed by atoms with Crippen LogP contribution in [0.3, 0.4) is 0 Å². The van der Waals surface area contributed by atoms with Crippen molar-refractivity contribution in [1.29, 1.82) is 0 Å². The van der Waals surface area contributed by atoms with Gasteiger partial charge in [-0.2, -0.15) is 13.9 Å². The smallest absolute Gasteiger partial charge is 0.333 e. The predicted molar refractivity (Wildman–Crippen MR) is 84.3 cm³/mol. The van der Waals surface area contributed by atoms with Gasteiger partial charge in [-0.05, 0) is 26.7 Å². The molecule has 3 N–H and O–H groups in total. The Hall–Kier alpha value is -1.21. The van der Waals surface area contributed by atoms with E-state index in [4.69, 9.17) is 5.73 Å². The molecule has 0 radical (unpaired) electrons. The van der Waals surface area contributed by atoms with E-state index in [9.17, 15) is 13.6 Å². The maximum atomic E-state index is 12.8. The van der Waals surface area contributed by atoms with Crippen LogP contribution in [0.4, 0.5) is 8.78 Å². The molecule has 5 nitrogen and oxygen atoms in total. The first kappa shape index (κ1) is 20.8. The molecule has 0 aliphatic heterocycles. The first-order chi connectivity index (χ1) is 9.62. The first-order valence-corrected chi connectivity index (χ1v) is 6.96. The Balaban J connectivity index is 0.00000441. The van der Waals surface area contributed by atoms with E-state index in [1.807, 2.05) is 20.8 Å². The molecule has 1 heterocycles. The van der Waals surface area contributed by atoms with E-state index >= 15 is 0 Å². The lowest BCUT2D eigenvalue weighted by Gasteiger charge is -2.33. The molecule has 0 spiro atoms. The van der Waals surface area contributed by atoms with Gasteiger partial charge in [0.15, 0.2) is 0 Å². The van der Waals surface area contributed by atoms with Gasteiger partial charge in [0, 0.05) is 17.8 Å². The predicted octanol–water partition coefficient (Wildman–Crippen LogP) is 2.35. The molecule has 1 rings (SSSR count). The molecule has 0 aliphatic rings. The van der Waals surface area contributed by atoms with Crippen molar-refractivity contribution in [1.82, 2.24) is 15.1 Å². The average molecular weight is 339 g/mol. The molecule has 128 valence electrons. The van der Waals surface area contributed by atoms with Gasteiger partial charge in [0.25, 0.3) is 0 Å². The monoisotopic (exact) mass is 338 g/mol. The van der Waals surface area contributed by atoms with Gasteiger partial charge in [-0.1, -0.05) is 13.8 Å². The molecule has 0 bridgehead atoms. The van der Waals surface area contributed by atoms with E-state index in [1.165, 1.54) is 0 Å². The summed E-state index contributed by atoms with van der Waals surface area (Å²) in [6.07, 6.45) is 0.0205. The number of hydrogen-bond acceptors (Lipinski definition) is 3. The van der Waals surface area contributed by atoms with Gasteiger partial charge in [0.05, 0.1) is 17.7 Å². The van der Waals surface area contributed by atoms with Crippen LogP contribution >= 0.6 is 12.4 Å². The molecule has 1 unspecified atom stereocenters. The van der Waals surface area contributed by atoms with Crippen LogP contribution in [0.25, 0.3) is 0 Å². The number of nitrogens with zero attached hydrogens (tertiary/aromatic N) is 2. The highest BCUT2D eigenvalue weighted by Crippen LogP contribution is 2.20. The normalized spacial score (nSPS) is 13.9. The van der Waals surface area contributed by atoms with Crippen LogP contribution < -0.4 is 11.1 Å². The Morgan fingerprint density at radius 3 is 2.32 bits per heavy atom. The molecule has 8 heteroatoms. The minimum absolute atomic E-state index is 0. The largest absolute Gasteiger partial charge is 0.349 e. The van der Waals surface area contributed by atoms with Crippen LogP contribution in [0.1, 0.15) is 44.3 Å². The van der Waals surface area contributed by atoms with E-state index in [1.54, 1.807) is 13.8 Å². The lowest BCUT2D eigenvalue weighted by molar-refractivity contribution is -0.122. The summed E-state index contributed by atoms with van der Waals surface area (Å²) in [7, 11) is 0. The van der Waals surface area contributed by atoms with E-state index < -0.39 is 12.1 Å². The number of aryl methyl sites for hydroxylation is 1. The minimum Gasteiger partial charge on any atom is -0.349 e. The molecule has 0 aromatic carbocycles. The van der Waals surface area contributed by atoms with Crippen molar-refractivity contribution >= 4 is 18.3 Å². The molecule has 1 aromatic rings. The Morgan fingerprint density at radius 2 is 1.95 bits per heavy atom. The van der Waals surface area contributed by atoms with Crippen LogP contribution in [0.2, 0.25) is 0 Å². The summed E-state index contributed by atoms with van der Waals surface area (Å²) in [4.78, 5) is 12.2. The van der Waals surface area contributed by atoms with Crippen molar-refractivity contribution in [2.24, 2.45) is 11.7 Å². The molecule has 0 fully saturated rings. The fourth-order valence-corrected chi connectivity index (χ4v) is 2.10. The second-order valence-corrected chi connectivity index (χ2v) is 5.87. The second kappa shape index (κ2) is 7.87. The van der Waals surface area contributed by atoms with Crippen LogP contribution in [0.15, 0.2) is 0 Å². The van der Waals surface area contributed by atoms with Crippen LogP contribution in [0, 0.1) is 19.8 Å². The number of nitrogens with two attached hydrogens (primary N) is 1. The third-order valence-electron chi connectivity index (χ3n) is 4.12. The van der Waals surface area contributed by atoms with Gasteiger partial charge in [-0.25, -0.2) is 4.68 Å². The minimum atomic E-state index is -2.70. The zero-order chi connectivity index (χ0) is 16.4. The van der Waals surface area contributed by atoms with Crippen LogP contribution in [-0.4, -0.2) is 27.8 Å². The third-order valence-corrected chi connectivity index (χ3v) is 4.12. The van der Waals surface area contributed by atoms with E-state index in [2.05, 4.69) is 10.4 Å². The SMILES string of the molecule is Cc1nn(C(F)F)c(C)c1CC(=O)NC(C)(CN)C(C)C.Cl. The number of nitrogens with one attached hydrogen (secondary N) is 1. The second-order valence-electron chi connectivity index (χ2n) is 5.87. The molecular formula is C14H25ClF2N4O. The summed E-state index contributed by atoms with van der Waals surface area (Å²) in [5.41, 5.74) is 6.51. The third kappa shape index (κ3) is 4.39. The summed E-state index contributed by atoms with van der Waals surface area (Å²) in [5.74, 6) is -0.0749. The standard InChI is InChI=1S/C14H24F2N4O.ClH/c1-8(2)14(5,7-17)18-12(21)6-11-9(3)19-20(10(11)4)13(15)16;/h8,13H,6-7,17H2,1-5H3,(H,18,21);1H. The van der Waals surface area contributed by atoms with Gasteiger partial charge in [-0.15, -0.1) is 12.4 Å². The number of alkyl halides is 2. The molecule has 0 saturated heterocycles. The van der Waals surface area contributed by atoms with Gasteiger partial charge in [0.2, 0.25) is 5.91 Å². The highest BCUT2D eigenvalue weighted by molar-refractivity contribution is 5.85. The van der Waals surface area contributed by atoms with E-state index in [0.29, 0.717) is 28.2 Å². The van der Waals surface area contributed by atoms with Gasteiger partial charge >= 0.3 is 6.55 Å². The number of rotatable bonds is 6. The number of carbonyl (C=O) groups excluding carboxylic acids is 1. The van der Waals surface area contributed by atoms with Crippen LogP contribution in [0.5, 0.6) is 0 Å². The van der Waals surface area contributed by atoms with Crippen molar-refractivity contribution in [2.45, 2.75) is 53.1 Å². The number of aromatic nitrogens is 2. The fraction of sp³-hybridized carbons (Fsp3) is 0.714. The zero-order valence-electron chi connectivity index (χ0n) is 13.6. The fourth-order valence-electron chi connectivity index (χ4n) is 2.10. The Morgan fingerprint density at radius 1 is 1.41 bits per heavy atom. The number of amides is 1. The number of halogens is 3. The molecule has 22 heavy (non-hydrogen) atoms. The summed E-state index contributed by atoms with van der Waals surface area (Å²) in [5, 5.41) is 6.67.